The zero-order valence-corrected chi connectivity index (χ0v) is 22.3. The van der Waals surface area contributed by atoms with Gasteiger partial charge in [0.15, 0.2) is 0 Å². The fourth-order valence-corrected chi connectivity index (χ4v) is 7.71. The van der Waals surface area contributed by atoms with Crippen LogP contribution >= 0.6 is 11.3 Å². The predicted octanol–water partition coefficient (Wildman–Crippen LogP) is 11.6. The van der Waals surface area contributed by atoms with Crippen LogP contribution in [0.25, 0.3) is 85.7 Å². The predicted molar refractivity (Wildman–Crippen MR) is 172 cm³/mol. The average molecular weight is 527 g/mol. The molecule has 0 bridgehead atoms. The Bertz CT molecular complexity index is 2380. The van der Waals surface area contributed by atoms with E-state index >= 15 is 0 Å². The van der Waals surface area contributed by atoms with Gasteiger partial charge in [-0.05, 0) is 84.9 Å². The van der Waals surface area contributed by atoms with E-state index in [-0.39, 0.29) is 0 Å². The summed E-state index contributed by atoms with van der Waals surface area (Å²) >= 11 is 1.84. The van der Waals surface area contributed by atoms with Gasteiger partial charge in [-0.15, -0.1) is 11.3 Å². The molecule has 0 radical (unpaired) electrons. The van der Waals surface area contributed by atoms with Crippen LogP contribution in [0.1, 0.15) is 0 Å². The van der Waals surface area contributed by atoms with Crippen LogP contribution in [0.5, 0.6) is 0 Å². The average Bonchev–Trinajstić information content (AvgIpc) is 3.62. The van der Waals surface area contributed by atoms with Crippen LogP contribution in [0, 0.1) is 0 Å². The molecule has 1 nitrogen and oxygen atoms in total. The third kappa shape index (κ3) is 3.08. The largest absolute Gasteiger partial charge is 0.464 e. The topological polar surface area (TPSA) is 13.1 Å². The highest BCUT2D eigenvalue weighted by atomic mass is 32.1. The van der Waals surface area contributed by atoms with E-state index in [0.29, 0.717) is 0 Å². The van der Waals surface area contributed by atoms with Gasteiger partial charge in [-0.2, -0.15) is 0 Å². The van der Waals surface area contributed by atoms with E-state index in [0.717, 1.165) is 11.0 Å². The Labute approximate surface area is 234 Å². The molecule has 0 aliphatic rings. The van der Waals surface area contributed by atoms with Crippen molar-refractivity contribution in [2.75, 3.05) is 0 Å². The number of rotatable bonds is 2. The molecule has 2 heteroatoms. The van der Waals surface area contributed by atoms with Crippen molar-refractivity contribution in [1.29, 1.82) is 0 Å². The van der Waals surface area contributed by atoms with E-state index < -0.39 is 0 Å². The van der Waals surface area contributed by atoms with Crippen LogP contribution in [0.4, 0.5) is 0 Å². The van der Waals surface area contributed by atoms with Gasteiger partial charge in [0.1, 0.15) is 5.58 Å². The highest BCUT2D eigenvalue weighted by Gasteiger charge is 2.20. The summed E-state index contributed by atoms with van der Waals surface area (Å²) < 4.78 is 8.29. The molecule has 0 atom stereocenters. The summed E-state index contributed by atoms with van der Waals surface area (Å²) in [6.07, 6.45) is 1.78. The summed E-state index contributed by atoms with van der Waals surface area (Å²) in [4.78, 5) is 0. The fourth-order valence-electron chi connectivity index (χ4n) is 6.57. The Balaban J connectivity index is 1.44. The molecule has 186 valence electrons. The summed E-state index contributed by atoms with van der Waals surface area (Å²) in [6.45, 7) is 0. The van der Waals surface area contributed by atoms with Gasteiger partial charge >= 0.3 is 0 Å². The van der Waals surface area contributed by atoms with E-state index in [1.165, 1.54) is 74.7 Å². The highest BCUT2D eigenvalue weighted by Crippen LogP contribution is 2.48. The molecule has 0 aliphatic carbocycles. The maximum absolute atomic E-state index is 5.74. The van der Waals surface area contributed by atoms with Gasteiger partial charge in [0, 0.05) is 25.6 Å². The first-order valence-corrected chi connectivity index (χ1v) is 14.4. The second kappa shape index (κ2) is 8.29. The van der Waals surface area contributed by atoms with E-state index in [9.17, 15) is 0 Å². The maximum atomic E-state index is 5.74. The quantitative estimate of drug-likeness (QED) is 0.204. The number of fused-ring (bicyclic) bond motifs is 7. The normalized spacial score (nSPS) is 12.0. The van der Waals surface area contributed by atoms with Crippen LogP contribution in [0.15, 0.2) is 138 Å². The first-order valence-electron chi connectivity index (χ1n) is 13.6. The van der Waals surface area contributed by atoms with Crippen molar-refractivity contribution in [2.24, 2.45) is 0 Å². The van der Waals surface area contributed by atoms with Crippen LogP contribution < -0.4 is 0 Å². The molecule has 0 amide bonds. The molecule has 0 saturated heterocycles. The lowest BCUT2D eigenvalue weighted by Gasteiger charge is -2.18. The lowest BCUT2D eigenvalue weighted by molar-refractivity contribution is 0.616. The maximum Gasteiger partial charge on any atom is 0.135 e. The molecular weight excluding hydrogens is 504 g/mol. The molecule has 0 saturated carbocycles. The SMILES string of the molecule is c1ccc2cc(-c3c4ccccc4c(-c4cccc5sc6cc7occc7cc6c45)c4ccccc34)ccc2c1. The van der Waals surface area contributed by atoms with Crippen LogP contribution in [0.3, 0.4) is 0 Å². The monoisotopic (exact) mass is 526 g/mol. The van der Waals surface area contributed by atoms with Gasteiger partial charge in [0.2, 0.25) is 0 Å². The fraction of sp³-hybridized carbons (Fsp3) is 0. The molecular formula is C38H22OS. The number of hydrogen-bond acceptors (Lipinski definition) is 2. The lowest BCUT2D eigenvalue weighted by atomic mass is 9.84. The van der Waals surface area contributed by atoms with E-state index in [1.807, 2.05) is 11.3 Å². The Morgan fingerprint density at radius 1 is 0.450 bits per heavy atom. The van der Waals surface area contributed by atoms with Gasteiger partial charge in [0.25, 0.3) is 0 Å². The molecule has 40 heavy (non-hydrogen) atoms. The van der Waals surface area contributed by atoms with Crippen LogP contribution in [0.2, 0.25) is 0 Å². The Hall–Kier alpha value is -4.92. The summed E-state index contributed by atoms with van der Waals surface area (Å²) in [6, 6.07) is 46.6. The molecule has 0 fully saturated rings. The molecule has 7 aromatic carbocycles. The number of thiophene rings is 1. The summed E-state index contributed by atoms with van der Waals surface area (Å²) in [5.74, 6) is 0. The van der Waals surface area contributed by atoms with E-state index in [2.05, 4.69) is 127 Å². The first-order chi connectivity index (χ1) is 19.8. The zero-order chi connectivity index (χ0) is 26.2. The van der Waals surface area contributed by atoms with E-state index in [4.69, 9.17) is 4.42 Å². The van der Waals surface area contributed by atoms with Crippen molar-refractivity contribution in [3.8, 4) is 22.3 Å². The highest BCUT2D eigenvalue weighted by molar-refractivity contribution is 7.26. The minimum absolute atomic E-state index is 0.941. The van der Waals surface area contributed by atoms with Gasteiger partial charge < -0.3 is 4.42 Å². The molecule has 0 aliphatic heterocycles. The smallest absolute Gasteiger partial charge is 0.135 e. The number of hydrogen-bond donors (Lipinski definition) is 0. The molecule has 2 aromatic heterocycles. The van der Waals surface area contributed by atoms with Gasteiger partial charge in [-0.25, -0.2) is 0 Å². The van der Waals surface area contributed by atoms with E-state index in [1.54, 1.807) is 6.26 Å². The lowest BCUT2D eigenvalue weighted by Crippen LogP contribution is -1.91. The van der Waals surface area contributed by atoms with Crippen molar-refractivity contribution in [2.45, 2.75) is 0 Å². The van der Waals surface area contributed by atoms with Crippen molar-refractivity contribution < 1.29 is 4.42 Å². The summed E-state index contributed by atoms with van der Waals surface area (Å²) in [5, 5.41) is 11.4. The molecule has 0 unspecified atom stereocenters. The summed E-state index contributed by atoms with van der Waals surface area (Å²) in [5.41, 5.74) is 6.07. The van der Waals surface area contributed by atoms with Crippen molar-refractivity contribution in [3.05, 3.63) is 134 Å². The van der Waals surface area contributed by atoms with Gasteiger partial charge in [0.05, 0.1) is 6.26 Å². The van der Waals surface area contributed by atoms with Crippen LogP contribution in [-0.4, -0.2) is 0 Å². The zero-order valence-electron chi connectivity index (χ0n) is 21.5. The molecule has 2 heterocycles. The minimum Gasteiger partial charge on any atom is -0.464 e. The number of benzene rings is 7. The molecule has 0 N–H and O–H groups in total. The molecule has 9 rings (SSSR count). The number of furan rings is 1. The van der Waals surface area contributed by atoms with Gasteiger partial charge in [-0.1, -0.05) is 97.1 Å². The third-order valence-electron chi connectivity index (χ3n) is 8.31. The van der Waals surface area contributed by atoms with Crippen LogP contribution in [-0.2, 0) is 0 Å². The minimum atomic E-state index is 0.941. The third-order valence-corrected chi connectivity index (χ3v) is 9.43. The molecule has 0 spiro atoms. The molecule has 9 aromatic rings. The first kappa shape index (κ1) is 22.0. The Morgan fingerprint density at radius 2 is 1.15 bits per heavy atom. The van der Waals surface area contributed by atoms with Gasteiger partial charge in [-0.3, -0.25) is 0 Å². The second-order valence-corrected chi connectivity index (χ2v) is 11.6. The second-order valence-electron chi connectivity index (χ2n) is 10.5. The van der Waals surface area contributed by atoms with Crippen molar-refractivity contribution in [3.63, 3.8) is 0 Å². The van der Waals surface area contributed by atoms with Crippen molar-refractivity contribution >= 4 is 74.8 Å². The summed E-state index contributed by atoms with van der Waals surface area (Å²) in [7, 11) is 0. The Kier molecular flexibility index (Phi) is 4.55. The Morgan fingerprint density at radius 3 is 1.93 bits per heavy atom. The standard InChI is InChI=1S/C38H22OS/c1-2-9-24-20-26(17-16-23(24)8-1)36-27-10-3-5-12-29(27)37(30-13-6-4-11-28(30)36)31-14-7-15-34-38(31)32-21-25-18-19-39-33(25)22-35(32)40-34/h1-22H. The van der Waals surface area contributed by atoms with Crippen molar-refractivity contribution in [1.82, 2.24) is 0 Å².